The summed E-state index contributed by atoms with van der Waals surface area (Å²) in [7, 11) is 0. The fourth-order valence-electron chi connectivity index (χ4n) is 3.66. The van der Waals surface area contributed by atoms with Crippen LogP contribution in [0.4, 0.5) is 0 Å². The standard InChI is InChI=1S/C14H20N2O/c1-2-16-9-13(8-15-16)14(17)7-12-6-10-3-4-11(12)5-10/h8-12H,2-7H2,1H3. The van der Waals surface area contributed by atoms with Crippen molar-refractivity contribution in [3.05, 3.63) is 18.0 Å². The minimum atomic E-state index is 0.294. The van der Waals surface area contributed by atoms with E-state index >= 15 is 0 Å². The van der Waals surface area contributed by atoms with E-state index in [1.165, 1.54) is 25.7 Å². The van der Waals surface area contributed by atoms with Crippen molar-refractivity contribution < 1.29 is 4.79 Å². The molecular weight excluding hydrogens is 212 g/mol. The Labute approximate surface area is 102 Å². The summed E-state index contributed by atoms with van der Waals surface area (Å²) in [4.78, 5) is 12.2. The number of ketones is 1. The molecule has 0 N–H and O–H groups in total. The van der Waals surface area contributed by atoms with Gasteiger partial charge in [-0.25, -0.2) is 0 Å². The molecule has 0 radical (unpaired) electrons. The minimum Gasteiger partial charge on any atom is -0.294 e. The van der Waals surface area contributed by atoms with E-state index in [4.69, 9.17) is 0 Å². The summed E-state index contributed by atoms with van der Waals surface area (Å²) in [6.07, 6.45) is 9.79. The highest BCUT2D eigenvalue weighted by Gasteiger charge is 2.40. The van der Waals surface area contributed by atoms with Gasteiger partial charge in [0.05, 0.1) is 11.8 Å². The van der Waals surface area contributed by atoms with Gasteiger partial charge < -0.3 is 0 Å². The van der Waals surface area contributed by atoms with Crippen molar-refractivity contribution >= 4 is 5.78 Å². The molecule has 0 aliphatic heterocycles. The van der Waals surface area contributed by atoms with E-state index < -0.39 is 0 Å². The summed E-state index contributed by atoms with van der Waals surface area (Å²) in [5, 5.41) is 4.17. The molecule has 2 aliphatic rings. The van der Waals surface area contributed by atoms with Crippen LogP contribution in [-0.2, 0) is 6.54 Å². The summed E-state index contributed by atoms with van der Waals surface area (Å²) < 4.78 is 1.83. The zero-order chi connectivity index (χ0) is 11.8. The van der Waals surface area contributed by atoms with Gasteiger partial charge in [-0.2, -0.15) is 5.10 Å². The second kappa shape index (κ2) is 4.28. The zero-order valence-corrected chi connectivity index (χ0v) is 10.4. The van der Waals surface area contributed by atoms with Crippen LogP contribution in [0.5, 0.6) is 0 Å². The quantitative estimate of drug-likeness (QED) is 0.748. The second-order valence-corrected chi connectivity index (χ2v) is 5.65. The second-order valence-electron chi connectivity index (χ2n) is 5.65. The smallest absolute Gasteiger partial charge is 0.166 e. The largest absolute Gasteiger partial charge is 0.294 e. The number of rotatable bonds is 4. The summed E-state index contributed by atoms with van der Waals surface area (Å²) in [5.74, 6) is 2.72. The highest BCUT2D eigenvalue weighted by Crippen LogP contribution is 2.49. The number of aromatic nitrogens is 2. The topological polar surface area (TPSA) is 34.9 Å². The third kappa shape index (κ3) is 2.03. The first-order chi connectivity index (χ1) is 8.26. The normalized spacial score (nSPS) is 31.0. The molecule has 92 valence electrons. The molecule has 3 atom stereocenters. The number of nitrogens with zero attached hydrogens (tertiary/aromatic N) is 2. The number of carbonyl (C=O) groups excluding carboxylic acids is 1. The number of Topliss-reactive ketones (excluding diaryl/α,β-unsaturated/α-hetero) is 1. The van der Waals surface area contributed by atoms with Gasteiger partial charge >= 0.3 is 0 Å². The average Bonchev–Trinajstić information content (AvgIpc) is 3.04. The minimum absolute atomic E-state index is 0.294. The van der Waals surface area contributed by atoms with Crippen molar-refractivity contribution in [2.75, 3.05) is 0 Å². The third-order valence-corrected chi connectivity index (χ3v) is 4.61. The Morgan fingerprint density at radius 2 is 2.35 bits per heavy atom. The van der Waals surface area contributed by atoms with Crippen LogP contribution in [0, 0.1) is 17.8 Å². The van der Waals surface area contributed by atoms with Gasteiger partial charge in [0.2, 0.25) is 0 Å². The monoisotopic (exact) mass is 232 g/mol. The van der Waals surface area contributed by atoms with Crippen LogP contribution in [0.2, 0.25) is 0 Å². The number of carbonyl (C=O) groups is 1. The molecule has 1 heterocycles. The molecular formula is C14H20N2O. The molecule has 2 saturated carbocycles. The van der Waals surface area contributed by atoms with Crippen molar-refractivity contribution in [1.29, 1.82) is 0 Å². The van der Waals surface area contributed by atoms with Gasteiger partial charge in [0.25, 0.3) is 0 Å². The van der Waals surface area contributed by atoms with E-state index in [0.29, 0.717) is 11.7 Å². The lowest BCUT2D eigenvalue weighted by molar-refractivity contribution is 0.0944. The predicted octanol–water partition coefficient (Wildman–Crippen LogP) is 2.91. The lowest BCUT2D eigenvalue weighted by Gasteiger charge is -2.20. The van der Waals surface area contributed by atoms with Gasteiger partial charge in [-0.1, -0.05) is 6.42 Å². The zero-order valence-electron chi connectivity index (χ0n) is 10.4. The number of aryl methyl sites for hydroxylation is 1. The maximum Gasteiger partial charge on any atom is 0.166 e. The molecule has 0 amide bonds. The van der Waals surface area contributed by atoms with Crippen molar-refractivity contribution in [3.63, 3.8) is 0 Å². The molecule has 2 bridgehead atoms. The molecule has 2 fully saturated rings. The lowest BCUT2D eigenvalue weighted by atomic mass is 9.84. The van der Waals surface area contributed by atoms with Crippen LogP contribution >= 0.6 is 0 Å². The van der Waals surface area contributed by atoms with Crippen LogP contribution < -0.4 is 0 Å². The third-order valence-electron chi connectivity index (χ3n) is 4.61. The highest BCUT2D eigenvalue weighted by molar-refractivity contribution is 5.95. The summed E-state index contributed by atoms with van der Waals surface area (Å²) in [6, 6.07) is 0. The highest BCUT2D eigenvalue weighted by atomic mass is 16.1. The van der Waals surface area contributed by atoms with Gasteiger partial charge in [-0.3, -0.25) is 9.48 Å². The Morgan fingerprint density at radius 3 is 2.94 bits per heavy atom. The molecule has 1 aromatic rings. The van der Waals surface area contributed by atoms with E-state index in [-0.39, 0.29) is 0 Å². The maximum atomic E-state index is 12.2. The maximum absolute atomic E-state index is 12.2. The number of hydrogen-bond donors (Lipinski definition) is 0. The molecule has 0 saturated heterocycles. The van der Waals surface area contributed by atoms with Crippen LogP contribution in [0.15, 0.2) is 12.4 Å². The number of hydrogen-bond acceptors (Lipinski definition) is 2. The molecule has 3 rings (SSSR count). The molecule has 3 heteroatoms. The fourth-order valence-corrected chi connectivity index (χ4v) is 3.66. The molecule has 0 aromatic carbocycles. The Hall–Kier alpha value is -1.12. The molecule has 17 heavy (non-hydrogen) atoms. The van der Waals surface area contributed by atoms with Gasteiger partial charge in [0.1, 0.15) is 0 Å². The van der Waals surface area contributed by atoms with E-state index in [0.717, 1.165) is 30.4 Å². The van der Waals surface area contributed by atoms with Gasteiger partial charge in [0, 0.05) is 19.2 Å². The Bertz CT molecular complexity index is 424. The van der Waals surface area contributed by atoms with Crippen LogP contribution in [0.3, 0.4) is 0 Å². The predicted molar refractivity (Wildman–Crippen MR) is 65.8 cm³/mol. The fraction of sp³-hybridized carbons (Fsp3) is 0.714. The van der Waals surface area contributed by atoms with Crippen LogP contribution in [-0.4, -0.2) is 15.6 Å². The van der Waals surface area contributed by atoms with Crippen molar-refractivity contribution in [2.24, 2.45) is 17.8 Å². The van der Waals surface area contributed by atoms with Crippen molar-refractivity contribution in [1.82, 2.24) is 9.78 Å². The van der Waals surface area contributed by atoms with Gasteiger partial charge in [-0.05, 0) is 43.9 Å². The van der Waals surface area contributed by atoms with Gasteiger partial charge in [-0.15, -0.1) is 0 Å². The Morgan fingerprint density at radius 1 is 1.47 bits per heavy atom. The summed E-state index contributed by atoms with van der Waals surface area (Å²) in [6.45, 7) is 2.87. The molecule has 3 nitrogen and oxygen atoms in total. The molecule has 2 aliphatic carbocycles. The molecule has 0 spiro atoms. The van der Waals surface area contributed by atoms with E-state index in [1.807, 2.05) is 17.8 Å². The Kier molecular flexibility index (Phi) is 2.77. The van der Waals surface area contributed by atoms with Crippen molar-refractivity contribution in [3.8, 4) is 0 Å². The number of fused-ring (bicyclic) bond motifs is 2. The Balaban J connectivity index is 1.63. The average molecular weight is 232 g/mol. The first-order valence-corrected chi connectivity index (χ1v) is 6.82. The first kappa shape index (κ1) is 11.0. The van der Waals surface area contributed by atoms with E-state index in [2.05, 4.69) is 5.10 Å². The first-order valence-electron chi connectivity index (χ1n) is 6.82. The van der Waals surface area contributed by atoms with E-state index in [9.17, 15) is 4.79 Å². The van der Waals surface area contributed by atoms with Crippen LogP contribution in [0.1, 0.15) is 49.4 Å². The van der Waals surface area contributed by atoms with Crippen LogP contribution in [0.25, 0.3) is 0 Å². The summed E-state index contributed by atoms with van der Waals surface area (Å²) >= 11 is 0. The lowest BCUT2D eigenvalue weighted by Crippen LogP contribution is -2.15. The molecule has 1 aromatic heterocycles. The summed E-state index contributed by atoms with van der Waals surface area (Å²) in [5.41, 5.74) is 0.801. The SMILES string of the molecule is CCn1cc(C(=O)CC2CC3CCC2C3)cn1. The van der Waals surface area contributed by atoms with E-state index in [1.54, 1.807) is 6.20 Å². The van der Waals surface area contributed by atoms with Gasteiger partial charge in [0.15, 0.2) is 5.78 Å². The van der Waals surface area contributed by atoms with Crippen molar-refractivity contribution in [2.45, 2.75) is 45.6 Å². The molecule has 3 unspecified atom stereocenters.